The Kier molecular flexibility index (Phi) is 6.17. The lowest BCUT2D eigenvalue weighted by Crippen LogP contribution is -2.30. The van der Waals surface area contributed by atoms with Crippen molar-refractivity contribution in [1.29, 1.82) is 0 Å². The van der Waals surface area contributed by atoms with Crippen LogP contribution in [0.5, 0.6) is 0 Å². The monoisotopic (exact) mass is 532 g/mol. The number of ether oxygens (including phenoxy) is 1. The number of pyridine rings is 1. The molecule has 1 N–H and O–H groups in total. The first-order valence-corrected chi connectivity index (χ1v) is 11.9. The summed E-state index contributed by atoms with van der Waals surface area (Å²) in [5, 5.41) is 4.13. The van der Waals surface area contributed by atoms with E-state index in [4.69, 9.17) is 17.0 Å². The molecule has 1 aliphatic rings. The van der Waals surface area contributed by atoms with Crippen LogP contribution in [0.1, 0.15) is 33.8 Å². The summed E-state index contributed by atoms with van der Waals surface area (Å²) < 4.78 is 7.95. The van der Waals surface area contributed by atoms with Gasteiger partial charge in [-0.15, -0.1) is 0 Å². The summed E-state index contributed by atoms with van der Waals surface area (Å²) >= 11 is 9.34. The predicted octanol–water partition coefficient (Wildman–Crippen LogP) is 5.60. The smallest absolute Gasteiger partial charge is 0.337 e. The molecule has 0 unspecified atom stereocenters. The second kappa shape index (κ2) is 9.40. The van der Waals surface area contributed by atoms with Gasteiger partial charge in [-0.05, 0) is 85.0 Å². The fourth-order valence-corrected chi connectivity index (χ4v) is 4.89. The van der Waals surface area contributed by atoms with Gasteiger partial charge in [0.1, 0.15) is 6.04 Å². The third-order valence-electron chi connectivity index (χ3n) is 5.85. The van der Waals surface area contributed by atoms with Crippen LogP contribution in [0.3, 0.4) is 0 Å². The van der Waals surface area contributed by atoms with E-state index in [-0.39, 0.29) is 18.1 Å². The zero-order valence-corrected chi connectivity index (χ0v) is 20.7. The molecule has 6 nitrogen and oxygen atoms in total. The van der Waals surface area contributed by atoms with Crippen LogP contribution in [0, 0.1) is 0 Å². The zero-order chi connectivity index (χ0) is 23.7. The molecule has 0 radical (unpaired) electrons. The number of rotatable bonds is 5. The van der Waals surface area contributed by atoms with E-state index >= 15 is 0 Å². The summed E-state index contributed by atoms with van der Waals surface area (Å²) in [6.45, 7) is 0. The lowest BCUT2D eigenvalue weighted by atomic mass is 10.0. The summed E-state index contributed by atoms with van der Waals surface area (Å²) in [6, 6.07) is 25.2. The standard InChI is InChI=1S/C26H21BrN4O2S/c1-33-25(32)17-7-11-19(12-8-17)30-16-4-6-22(30)24-23(21-5-2-3-15-28-21)29-26(34)31(24)20-13-9-18(27)10-14-20/h2-16,23-24H,1H3,(H,29,34)/t23-,24+/m1/s1. The summed E-state index contributed by atoms with van der Waals surface area (Å²) in [4.78, 5) is 18.6. The van der Waals surface area contributed by atoms with Crippen molar-refractivity contribution in [2.45, 2.75) is 12.1 Å². The van der Waals surface area contributed by atoms with E-state index in [2.05, 4.69) is 41.8 Å². The molecule has 1 fully saturated rings. The number of thiocarbonyl (C=S) groups is 1. The third-order valence-corrected chi connectivity index (χ3v) is 6.70. The molecule has 0 bridgehead atoms. The zero-order valence-electron chi connectivity index (χ0n) is 18.3. The molecule has 0 saturated carbocycles. The molecule has 34 heavy (non-hydrogen) atoms. The Morgan fingerprint density at radius 1 is 1.00 bits per heavy atom. The van der Waals surface area contributed by atoms with Crippen molar-refractivity contribution < 1.29 is 9.53 Å². The lowest BCUT2D eigenvalue weighted by molar-refractivity contribution is 0.0600. The number of aromatic nitrogens is 2. The van der Waals surface area contributed by atoms with Gasteiger partial charge in [-0.1, -0.05) is 22.0 Å². The second-order valence-electron chi connectivity index (χ2n) is 7.81. The maximum atomic E-state index is 11.9. The molecule has 0 amide bonds. The van der Waals surface area contributed by atoms with E-state index in [0.29, 0.717) is 10.7 Å². The molecule has 170 valence electrons. The molecule has 2 aromatic heterocycles. The Morgan fingerprint density at radius 3 is 2.41 bits per heavy atom. The van der Waals surface area contributed by atoms with Gasteiger partial charge >= 0.3 is 5.97 Å². The summed E-state index contributed by atoms with van der Waals surface area (Å²) in [5.41, 5.74) is 4.37. The number of halogens is 1. The van der Waals surface area contributed by atoms with E-state index in [0.717, 1.165) is 27.2 Å². The fourth-order valence-electron chi connectivity index (χ4n) is 4.28. The number of nitrogens with one attached hydrogen (secondary N) is 1. The predicted molar refractivity (Wildman–Crippen MR) is 139 cm³/mol. The number of nitrogens with zero attached hydrogens (tertiary/aromatic N) is 3. The number of esters is 1. The topological polar surface area (TPSA) is 59.4 Å². The van der Waals surface area contributed by atoms with Crippen LogP contribution >= 0.6 is 28.1 Å². The number of hydrogen-bond acceptors (Lipinski definition) is 4. The molecule has 5 rings (SSSR count). The molecule has 0 aliphatic carbocycles. The largest absolute Gasteiger partial charge is 0.465 e. The van der Waals surface area contributed by atoms with Gasteiger partial charge < -0.3 is 19.5 Å². The Bertz CT molecular complexity index is 1320. The molecule has 1 saturated heterocycles. The van der Waals surface area contributed by atoms with Crippen molar-refractivity contribution >= 4 is 44.9 Å². The Hall–Kier alpha value is -3.49. The highest BCUT2D eigenvalue weighted by Crippen LogP contribution is 2.42. The van der Waals surface area contributed by atoms with Crippen molar-refractivity contribution in [2.24, 2.45) is 0 Å². The van der Waals surface area contributed by atoms with Crippen LogP contribution < -0.4 is 10.2 Å². The van der Waals surface area contributed by atoms with Crippen molar-refractivity contribution in [3.05, 3.63) is 113 Å². The average Bonchev–Trinajstić information content (AvgIpc) is 3.49. The van der Waals surface area contributed by atoms with E-state index in [1.807, 2.05) is 66.9 Å². The molecule has 4 aromatic rings. The molecule has 8 heteroatoms. The Morgan fingerprint density at radius 2 is 1.74 bits per heavy atom. The minimum Gasteiger partial charge on any atom is -0.465 e. The van der Waals surface area contributed by atoms with Crippen molar-refractivity contribution in [3.63, 3.8) is 0 Å². The molecule has 2 atom stereocenters. The minimum atomic E-state index is -0.360. The molecule has 3 heterocycles. The molecular weight excluding hydrogens is 512 g/mol. The number of carbonyl (C=O) groups is 1. The van der Waals surface area contributed by atoms with Crippen molar-refractivity contribution in [2.75, 3.05) is 12.0 Å². The van der Waals surface area contributed by atoms with E-state index in [1.54, 1.807) is 18.3 Å². The van der Waals surface area contributed by atoms with Crippen molar-refractivity contribution in [3.8, 4) is 5.69 Å². The van der Waals surface area contributed by atoms with E-state index in [1.165, 1.54) is 7.11 Å². The van der Waals surface area contributed by atoms with Crippen LogP contribution in [0.25, 0.3) is 5.69 Å². The van der Waals surface area contributed by atoms with Gasteiger partial charge in [0.2, 0.25) is 0 Å². The lowest BCUT2D eigenvalue weighted by Gasteiger charge is -2.29. The van der Waals surface area contributed by atoms with Gasteiger partial charge in [-0.25, -0.2) is 4.79 Å². The van der Waals surface area contributed by atoms with E-state index < -0.39 is 0 Å². The summed E-state index contributed by atoms with van der Waals surface area (Å²) in [7, 11) is 1.38. The van der Waals surface area contributed by atoms with Crippen LogP contribution in [0.2, 0.25) is 0 Å². The van der Waals surface area contributed by atoms with Gasteiger partial charge in [0.25, 0.3) is 0 Å². The SMILES string of the molecule is COC(=O)c1ccc(-n2cccc2[C@H]2[C@@H](c3ccccn3)NC(=S)N2c2ccc(Br)cc2)cc1. The highest BCUT2D eigenvalue weighted by molar-refractivity contribution is 9.10. The van der Waals surface area contributed by atoms with Gasteiger partial charge in [-0.3, -0.25) is 4.98 Å². The number of benzene rings is 2. The number of carbonyl (C=O) groups excluding carboxylic acids is 1. The highest BCUT2D eigenvalue weighted by Gasteiger charge is 2.42. The maximum Gasteiger partial charge on any atom is 0.337 e. The highest BCUT2D eigenvalue weighted by atomic mass is 79.9. The van der Waals surface area contributed by atoms with Gasteiger partial charge in [-0.2, -0.15) is 0 Å². The fraction of sp³-hybridized carbons (Fsp3) is 0.115. The average molecular weight is 533 g/mol. The molecule has 2 aromatic carbocycles. The third kappa shape index (κ3) is 4.10. The van der Waals surface area contributed by atoms with Crippen LogP contribution in [0.15, 0.2) is 95.7 Å². The summed E-state index contributed by atoms with van der Waals surface area (Å²) in [6.07, 6.45) is 3.81. The first-order chi connectivity index (χ1) is 16.6. The van der Waals surface area contributed by atoms with E-state index in [9.17, 15) is 4.79 Å². The van der Waals surface area contributed by atoms with Gasteiger partial charge in [0.15, 0.2) is 5.11 Å². The first kappa shape index (κ1) is 22.3. The van der Waals surface area contributed by atoms with Gasteiger partial charge in [0, 0.05) is 33.9 Å². The van der Waals surface area contributed by atoms with Gasteiger partial charge in [0.05, 0.1) is 24.4 Å². The summed E-state index contributed by atoms with van der Waals surface area (Å²) in [5.74, 6) is -0.360. The molecule has 1 aliphatic heterocycles. The first-order valence-electron chi connectivity index (χ1n) is 10.7. The Balaban J connectivity index is 1.61. The van der Waals surface area contributed by atoms with Crippen LogP contribution in [0.4, 0.5) is 5.69 Å². The maximum absolute atomic E-state index is 11.9. The van der Waals surface area contributed by atoms with Crippen LogP contribution in [-0.2, 0) is 4.74 Å². The van der Waals surface area contributed by atoms with Crippen molar-refractivity contribution in [1.82, 2.24) is 14.9 Å². The molecular formula is C26H21BrN4O2S. The second-order valence-corrected chi connectivity index (χ2v) is 9.12. The minimum absolute atomic E-state index is 0.152. The molecule has 0 spiro atoms. The van der Waals surface area contributed by atoms with Crippen LogP contribution in [-0.4, -0.2) is 27.7 Å². The normalized spacial score (nSPS) is 17.5. The Labute approximate surface area is 211 Å². The quantitative estimate of drug-likeness (QED) is 0.266. The number of hydrogen-bond donors (Lipinski definition) is 1. The number of methoxy groups -OCH3 is 1. The number of anilines is 1.